The number of thioether (sulfide) groups is 1. The van der Waals surface area contributed by atoms with Crippen LogP contribution in [-0.2, 0) is 6.42 Å². The largest absolute Gasteiger partial charge is 0.335 e. The average molecular weight is 268 g/mol. The van der Waals surface area contributed by atoms with E-state index >= 15 is 0 Å². The zero-order valence-corrected chi connectivity index (χ0v) is 11.7. The monoisotopic (exact) mass is 268 g/mol. The summed E-state index contributed by atoms with van der Waals surface area (Å²) in [7, 11) is 0. The first kappa shape index (κ1) is 13.3. The molecule has 1 fully saturated rings. The van der Waals surface area contributed by atoms with Crippen molar-refractivity contribution in [2.24, 2.45) is 0 Å². The summed E-state index contributed by atoms with van der Waals surface area (Å²) in [4.78, 5) is 13.9. The van der Waals surface area contributed by atoms with Gasteiger partial charge in [0.1, 0.15) is 0 Å². The van der Waals surface area contributed by atoms with Crippen molar-refractivity contribution < 1.29 is 4.79 Å². The molecular weight excluding hydrogens is 248 g/mol. The first-order valence-corrected chi connectivity index (χ1v) is 7.44. The summed E-state index contributed by atoms with van der Waals surface area (Å²) in [5, 5.41) is 10.1. The van der Waals surface area contributed by atoms with E-state index in [1.807, 2.05) is 36.6 Å². The molecule has 0 aliphatic carbocycles. The van der Waals surface area contributed by atoms with E-state index in [4.69, 9.17) is 0 Å². The fraction of sp³-hybridized carbons (Fsp3) is 0.667. The standard InChI is InChI=1S/C12H20N4OS/c1-9(7-11-8-10(2)14-15-11)13-12(17)16-3-5-18-6-4-16/h8-9H,3-7H2,1-2H3,(H,13,17)(H,14,15)/t9-/m0/s1. The van der Waals surface area contributed by atoms with Crippen molar-refractivity contribution in [3.63, 3.8) is 0 Å². The smallest absolute Gasteiger partial charge is 0.317 e. The number of hydrogen-bond donors (Lipinski definition) is 2. The van der Waals surface area contributed by atoms with Crippen LogP contribution in [0.4, 0.5) is 4.79 Å². The molecule has 6 heteroatoms. The van der Waals surface area contributed by atoms with Crippen LogP contribution in [0.15, 0.2) is 6.07 Å². The van der Waals surface area contributed by atoms with Crippen LogP contribution in [0.2, 0.25) is 0 Å². The number of rotatable bonds is 3. The molecule has 1 saturated heterocycles. The van der Waals surface area contributed by atoms with Crippen LogP contribution in [0.1, 0.15) is 18.3 Å². The molecule has 0 saturated carbocycles. The Morgan fingerprint density at radius 3 is 2.94 bits per heavy atom. The Kier molecular flexibility index (Phi) is 4.52. The SMILES string of the molecule is Cc1cc(C[C@H](C)NC(=O)N2CCSCC2)n[nH]1. The second-order valence-corrected chi connectivity index (χ2v) is 5.92. The molecule has 2 amide bonds. The van der Waals surface area contributed by atoms with E-state index in [2.05, 4.69) is 15.5 Å². The third-order valence-electron chi connectivity index (χ3n) is 2.94. The lowest BCUT2D eigenvalue weighted by atomic mass is 10.2. The molecule has 18 heavy (non-hydrogen) atoms. The highest BCUT2D eigenvalue weighted by Gasteiger charge is 2.18. The minimum absolute atomic E-state index is 0.0510. The lowest BCUT2D eigenvalue weighted by Gasteiger charge is -2.28. The van der Waals surface area contributed by atoms with Gasteiger partial charge in [0.2, 0.25) is 0 Å². The van der Waals surface area contributed by atoms with Gasteiger partial charge >= 0.3 is 6.03 Å². The number of aromatic nitrogens is 2. The molecule has 1 aliphatic heterocycles. The van der Waals surface area contributed by atoms with Crippen molar-refractivity contribution in [2.75, 3.05) is 24.6 Å². The van der Waals surface area contributed by atoms with Crippen molar-refractivity contribution in [2.45, 2.75) is 26.3 Å². The second-order valence-electron chi connectivity index (χ2n) is 4.70. The lowest BCUT2D eigenvalue weighted by Crippen LogP contribution is -2.47. The average Bonchev–Trinajstić information content (AvgIpc) is 2.75. The molecule has 100 valence electrons. The van der Waals surface area contributed by atoms with Crippen molar-refractivity contribution in [3.8, 4) is 0 Å². The number of carbonyl (C=O) groups is 1. The molecule has 5 nitrogen and oxygen atoms in total. The molecule has 1 aromatic heterocycles. The van der Waals surface area contributed by atoms with Crippen LogP contribution in [-0.4, -0.2) is 51.8 Å². The summed E-state index contributed by atoms with van der Waals surface area (Å²) >= 11 is 1.90. The maximum absolute atomic E-state index is 12.0. The first-order valence-electron chi connectivity index (χ1n) is 6.29. The van der Waals surface area contributed by atoms with Gasteiger partial charge in [-0.15, -0.1) is 0 Å². The highest BCUT2D eigenvalue weighted by molar-refractivity contribution is 7.99. The minimum Gasteiger partial charge on any atom is -0.335 e. The van der Waals surface area contributed by atoms with E-state index in [1.165, 1.54) is 0 Å². The Balaban J connectivity index is 1.79. The van der Waals surface area contributed by atoms with Gasteiger partial charge < -0.3 is 10.2 Å². The Hall–Kier alpha value is -1.17. The summed E-state index contributed by atoms with van der Waals surface area (Å²) in [6, 6.07) is 2.17. The minimum atomic E-state index is 0.0510. The molecule has 1 aliphatic rings. The summed E-state index contributed by atoms with van der Waals surface area (Å²) in [6.07, 6.45) is 0.763. The molecule has 2 rings (SSSR count). The first-order chi connectivity index (χ1) is 8.65. The quantitative estimate of drug-likeness (QED) is 0.871. The van der Waals surface area contributed by atoms with Gasteiger partial charge in [-0.05, 0) is 19.9 Å². The topological polar surface area (TPSA) is 61.0 Å². The Labute approximate surface area is 112 Å². The van der Waals surface area contributed by atoms with Gasteiger partial charge in [-0.1, -0.05) is 0 Å². The van der Waals surface area contributed by atoms with Gasteiger partial charge in [0.15, 0.2) is 0 Å². The van der Waals surface area contributed by atoms with Gasteiger partial charge in [-0.2, -0.15) is 16.9 Å². The number of aryl methyl sites for hydroxylation is 1. The number of amides is 2. The van der Waals surface area contributed by atoms with Gasteiger partial charge in [-0.3, -0.25) is 5.10 Å². The zero-order valence-electron chi connectivity index (χ0n) is 10.9. The summed E-state index contributed by atoms with van der Waals surface area (Å²) < 4.78 is 0. The molecule has 0 unspecified atom stereocenters. The fourth-order valence-corrected chi connectivity index (χ4v) is 2.92. The van der Waals surface area contributed by atoms with E-state index in [0.717, 1.165) is 42.4 Å². The molecule has 1 atom stereocenters. The second kappa shape index (κ2) is 6.13. The number of aromatic amines is 1. The Morgan fingerprint density at radius 1 is 1.61 bits per heavy atom. The maximum atomic E-state index is 12.0. The highest BCUT2D eigenvalue weighted by Crippen LogP contribution is 2.09. The molecule has 0 bridgehead atoms. The number of urea groups is 1. The fourth-order valence-electron chi connectivity index (χ4n) is 2.01. The van der Waals surface area contributed by atoms with Gasteiger partial charge in [0.05, 0.1) is 5.69 Å². The number of nitrogens with one attached hydrogen (secondary N) is 2. The van der Waals surface area contributed by atoms with Crippen molar-refractivity contribution in [1.82, 2.24) is 20.4 Å². The highest BCUT2D eigenvalue weighted by atomic mass is 32.2. The molecule has 0 spiro atoms. The molecule has 2 heterocycles. The van der Waals surface area contributed by atoms with Crippen LogP contribution < -0.4 is 5.32 Å². The predicted octanol–water partition coefficient (Wildman–Crippen LogP) is 1.41. The number of nitrogens with zero attached hydrogens (tertiary/aromatic N) is 2. The van der Waals surface area contributed by atoms with Crippen LogP contribution in [0.25, 0.3) is 0 Å². The van der Waals surface area contributed by atoms with Crippen LogP contribution in [0.3, 0.4) is 0 Å². The zero-order chi connectivity index (χ0) is 13.0. The summed E-state index contributed by atoms with van der Waals surface area (Å²) in [5.41, 5.74) is 2.05. The normalized spacial score (nSPS) is 17.6. The third-order valence-corrected chi connectivity index (χ3v) is 3.88. The molecular formula is C12H20N4OS. The molecule has 2 N–H and O–H groups in total. The van der Waals surface area contributed by atoms with E-state index < -0.39 is 0 Å². The van der Waals surface area contributed by atoms with E-state index in [9.17, 15) is 4.79 Å². The van der Waals surface area contributed by atoms with Crippen molar-refractivity contribution >= 4 is 17.8 Å². The number of hydrogen-bond acceptors (Lipinski definition) is 3. The van der Waals surface area contributed by atoms with Gasteiger partial charge in [0, 0.05) is 42.8 Å². The maximum Gasteiger partial charge on any atom is 0.317 e. The predicted molar refractivity (Wildman–Crippen MR) is 73.9 cm³/mol. The molecule has 0 radical (unpaired) electrons. The molecule has 0 aromatic carbocycles. The summed E-state index contributed by atoms with van der Waals surface area (Å²) in [6.45, 7) is 5.70. The Bertz CT molecular complexity index is 401. The van der Waals surface area contributed by atoms with Gasteiger partial charge in [-0.25, -0.2) is 4.79 Å². The van der Waals surface area contributed by atoms with E-state index in [1.54, 1.807) is 0 Å². The third kappa shape index (κ3) is 3.66. The lowest BCUT2D eigenvalue weighted by molar-refractivity contribution is 0.199. The van der Waals surface area contributed by atoms with Gasteiger partial charge in [0.25, 0.3) is 0 Å². The number of H-pyrrole nitrogens is 1. The molecule has 1 aromatic rings. The Morgan fingerprint density at radius 2 is 2.33 bits per heavy atom. The van der Waals surface area contributed by atoms with Crippen LogP contribution >= 0.6 is 11.8 Å². The summed E-state index contributed by atoms with van der Waals surface area (Å²) in [5.74, 6) is 2.08. The van der Waals surface area contributed by atoms with E-state index in [-0.39, 0.29) is 12.1 Å². The van der Waals surface area contributed by atoms with Crippen molar-refractivity contribution in [1.29, 1.82) is 0 Å². The van der Waals surface area contributed by atoms with Crippen LogP contribution in [0, 0.1) is 6.92 Å². The van der Waals surface area contributed by atoms with Crippen LogP contribution in [0.5, 0.6) is 0 Å². The number of carbonyl (C=O) groups excluding carboxylic acids is 1. The van der Waals surface area contributed by atoms with Crippen molar-refractivity contribution in [3.05, 3.63) is 17.5 Å². The van der Waals surface area contributed by atoms with E-state index in [0.29, 0.717) is 0 Å².